The first kappa shape index (κ1) is 77.9. The number of nitrogens with zero attached hydrogens (tertiary/aromatic N) is 1. The third-order valence-electron chi connectivity index (χ3n) is 13.5. The van der Waals surface area contributed by atoms with Crippen LogP contribution in [0.2, 0.25) is 0 Å². The molecule has 3 atom stereocenters. The SMILES string of the molecule is CC/C=C\C/C=C\C/C=C\C/C=C\C/C=C\C/C=C\CCCCCCCCC(=O)NC(COP(=O)(O)OCC[N+](C)(C)C)C(/C=C\CCCCCCCCCCCC)OC(=O)CCCCC/C=C\C/C=C\C/C=C\C/C=C\C/C=C\CC. The molecule has 0 heterocycles. The third kappa shape index (κ3) is 60.5. The lowest BCUT2D eigenvalue weighted by atomic mass is 10.0. The van der Waals surface area contributed by atoms with Crippen LogP contribution in [0, 0.1) is 0 Å². The van der Waals surface area contributed by atoms with Gasteiger partial charge in [-0.05, 0) is 128 Å². The van der Waals surface area contributed by atoms with Crippen LogP contribution in [0.1, 0.15) is 245 Å². The molecule has 2 N–H and O–H groups in total. The maximum Gasteiger partial charge on any atom is 0.472 e. The second kappa shape index (κ2) is 60.0. The first-order valence-electron chi connectivity index (χ1n) is 32.7. The Morgan fingerprint density at radius 1 is 0.439 bits per heavy atom. The van der Waals surface area contributed by atoms with Gasteiger partial charge in [-0.1, -0.05) is 250 Å². The van der Waals surface area contributed by atoms with Gasteiger partial charge < -0.3 is 19.4 Å². The minimum absolute atomic E-state index is 0.0229. The van der Waals surface area contributed by atoms with Crippen molar-refractivity contribution in [3.05, 3.63) is 146 Å². The minimum Gasteiger partial charge on any atom is -0.456 e. The predicted molar refractivity (Wildman–Crippen MR) is 355 cm³/mol. The van der Waals surface area contributed by atoms with Crippen LogP contribution in [0.4, 0.5) is 0 Å². The predicted octanol–water partition coefficient (Wildman–Crippen LogP) is 20.6. The molecular weight excluding hydrogens is 1040 g/mol. The molecule has 82 heavy (non-hydrogen) atoms. The maximum atomic E-state index is 13.6. The smallest absolute Gasteiger partial charge is 0.456 e. The van der Waals surface area contributed by atoms with Crippen molar-refractivity contribution < 1.29 is 37.3 Å². The summed E-state index contributed by atoms with van der Waals surface area (Å²) in [5, 5.41) is 3.04. The van der Waals surface area contributed by atoms with Gasteiger partial charge in [0.25, 0.3) is 0 Å². The molecule has 0 aliphatic heterocycles. The number of phosphoric ester groups is 1. The number of quaternary nitrogens is 1. The molecule has 0 aliphatic rings. The summed E-state index contributed by atoms with van der Waals surface area (Å²) in [6.45, 7) is 6.73. The van der Waals surface area contributed by atoms with E-state index in [1.807, 2.05) is 33.3 Å². The summed E-state index contributed by atoms with van der Waals surface area (Å²) >= 11 is 0. The number of allylic oxidation sites excluding steroid dienone is 23. The Kier molecular flexibility index (Phi) is 57.0. The van der Waals surface area contributed by atoms with Crippen LogP contribution >= 0.6 is 7.82 Å². The van der Waals surface area contributed by atoms with E-state index >= 15 is 0 Å². The number of phosphoric acid groups is 1. The molecule has 0 aromatic carbocycles. The molecule has 9 nitrogen and oxygen atoms in total. The number of nitrogens with one attached hydrogen (secondary N) is 1. The molecule has 0 aromatic rings. The van der Waals surface area contributed by atoms with Gasteiger partial charge >= 0.3 is 13.8 Å². The molecule has 0 spiro atoms. The van der Waals surface area contributed by atoms with Gasteiger partial charge in [-0.15, -0.1) is 0 Å². The number of ether oxygens (including phenoxy) is 1. The first-order valence-corrected chi connectivity index (χ1v) is 34.2. The van der Waals surface area contributed by atoms with Crippen molar-refractivity contribution in [1.29, 1.82) is 0 Å². The maximum absolute atomic E-state index is 13.6. The highest BCUT2D eigenvalue weighted by Gasteiger charge is 2.30. The Morgan fingerprint density at radius 3 is 1.18 bits per heavy atom. The highest BCUT2D eigenvalue weighted by Crippen LogP contribution is 2.43. The number of unbranched alkanes of at least 4 members (excludes halogenated alkanes) is 19. The van der Waals surface area contributed by atoms with Crippen molar-refractivity contribution in [2.24, 2.45) is 0 Å². The Labute approximate surface area is 504 Å². The zero-order valence-corrected chi connectivity index (χ0v) is 54.1. The van der Waals surface area contributed by atoms with Gasteiger partial charge in [0.05, 0.1) is 33.8 Å². The van der Waals surface area contributed by atoms with Crippen molar-refractivity contribution in [3.63, 3.8) is 0 Å². The van der Waals surface area contributed by atoms with Crippen LogP contribution in [0.25, 0.3) is 0 Å². The summed E-state index contributed by atoms with van der Waals surface area (Å²) in [5.41, 5.74) is 0. The van der Waals surface area contributed by atoms with Gasteiger partial charge in [0.2, 0.25) is 5.91 Å². The van der Waals surface area contributed by atoms with Gasteiger partial charge in [0, 0.05) is 12.8 Å². The molecule has 0 rings (SSSR count). The second-order valence-corrected chi connectivity index (χ2v) is 24.0. The fourth-order valence-corrected chi connectivity index (χ4v) is 9.29. The van der Waals surface area contributed by atoms with E-state index in [4.69, 9.17) is 13.8 Å². The summed E-state index contributed by atoms with van der Waals surface area (Å²) in [5.74, 6) is -0.570. The number of likely N-dealkylation sites (N-methyl/N-ethyl adjacent to an activating group) is 1. The first-order chi connectivity index (χ1) is 39.9. The number of esters is 1. The second-order valence-electron chi connectivity index (χ2n) is 22.5. The number of rotatable bonds is 57. The molecule has 466 valence electrons. The topological polar surface area (TPSA) is 111 Å². The van der Waals surface area contributed by atoms with Crippen LogP contribution in [0.15, 0.2) is 146 Å². The van der Waals surface area contributed by atoms with Crippen molar-refractivity contribution in [1.82, 2.24) is 5.32 Å². The van der Waals surface area contributed by atoms with Crippen molar-refractivity contribution in [2.45, 2.75) is 258 Å². The summed E-state index contributed by atoms with van der Waals surface area (Å²) in [6, 6.07) is -0.882. The highest BCUT2D eigenvalue weighted by molar-refractivity contribution is 7.47. The van der Waals surface area contributed by atoms with E-state index in [0.29, 0.717) is 23.9 Å². The molecule has 0 fully saturated rings. The van der Waals surface area contributed by atoms with Gasteiger partial charge in [0.1, 0.15) is 19.3 Å². The van der Waals surface area contributed by atoms with Gasteiger partial charge in [0.15, 0.2) is 0 Å². The summed E-state index contributed by atoms with van der Waals surface area (Å²) in [4.78, 5) is 37.8. The lowest BCUT2D eigenvalue weighted by molar-refractivity contribution is -0.870. The van der Waals surface area contributed by atoms with Gasteiger partial charge in [-0.25, -0.2) is 4.57 Å². The monoisotopic (exact) mass is 1160 g/mol. The number of carbonyl (C=O) groups excluding carboxylic acids is 2. The van der Waals surface area contributed by atoms with E-state index in [1.165, 1.54) is 51.4 Å². The van der Waals surface area contributed by atoms with Crippen LogP contribution in [-0.4, -0.2) is 74.3 Å². The zero-order chi connectivity index (χ0) is 60.0. The van der Waals surface area contributed by atoms with E-state index in [2.05, 4.69) is 160 Å². The summed E-state index contributed by atoms with van der Waals surface area (Å²) < 4.78 is 30.7. The van der Waals surface area contributed by atoms with Gasteiger partial charge in [-0.2, -0.15) is 0 Å². The highest BCUT2D eigenvalue weighted by atomic mass is 31.2. The van der Waals surface area contributed by atoms with E-state index in [-0.39, 0.29) is 31.5 Å². The van der Waals surface area contributed by atoms with Crippen LogP contribution in [-0.2, 0) is 27.9 Å². The molecule has 0 saturated heterocycles. The third-order valence-corrected chi connectivity index (χ3v) is 14.5. The molecule has 0 aromatic heterocycles. The molecule has 0 bridgehead atoms. The van der Waals surface area contributed by atoms with Crippen LogP contribution in [0.3, 0.4) is 0 Å². The number of hydrogen-bond acceptors (Lipinski definition) is 6. The minimum atomic E-state index is -4.47. The standard InChI is InChI=1S/C72H121N2O7P/c1-7-10-13-16-19-22-25-28-30-32-34-35-36-37-38-39-41-42-44-46-49-52-55-58-61-64-71(75)73-69(68-80-82(77,78)79-67-66-74(4,5)6)70(63-60-57-54-51-48-27-24-21-18-15-12-9-3)81-72(76)65-62-59-56-53-50-47-45-43-40-33-31-29-26-23-20-17-14-11-8-2/h10-11,13-14,19-20,22-23,28-31,34-35,37-38,40-43,47,50,60,63,69-70H,7-9,12,15-18,21,24-27,32-33,36,39,44-46,48-49,51-59,61-62,64-68H2,1-6H3,(H-,73,75,77,78)/p+1/b13-10-,14-11-,22-19-,23-20-,30-28-,31-29-,35-34-,38-37-,42-41-,43-40-,50-47-,63-60-. The molecular formula is C72H122N2O7P+. The molecule has 1 amide bonds. The van der Waals surface area contributed by atoms with E-state index < -0.39 is 20.0 Å². The van der Waals surface area contributed by atoms with Crippen molar-refractivity contribution >= 4 is 19.7 Å². The fraction of sp³-hybridized carbons (Fsp3) is 0.639. The van der Waals surface area contributed by atoms with E-state index in [1.54, 1.807) is 0 Å². The Bertz CT molecular complexity index is 1910. The lowest BCUT2D eigenvalue weighted by Gasteiger charge is -2.27. The van der Waals surface area contributed by atoms with E-state index in [9.17, 15) is 19.0 Å². The zero-order valence-electron chi connectivity index (χ0n) is 53.2. The fourth-order valence-electron chi connectivity index (χ4n) is 8.56. The van der Waals surface area contributed by atoms with Crippen LogP contribution < -0.4 is 5.32 Å². The van der Waals surface area contributed by atoms with Crippen molar-refractivity contribution in [3.8, 4) is 0 Å². The average Bonchev–Trinajstić information content (AvgIpc) is 3.44. The number of hydrogen-bond donors (Lipinski definition) is 2. The molecule has 10 heteroatoms. The molecule has 0 saturated carbocycles. The lowest BCUT2D eigenvalue weighted by Crippen LogP contribution is -2.47. The Balaban J connectivity index is 5.28. The largest absolute Gasteiger partial charge is 0.472 e. The Morgan fingerprint density at radius 2 is 0.780 bits per heavy atom. The van der Waals surface area contributed by atoms with Crippen LogP contribution in [0.5, 0.6) is 0 Å². The quantitative estimate of drug-likeness (QED) is 0.0205. The summed E-state index contributed by atoms with van der Waals surface area (Å²) in [6.07, 6.45) is 87.0. The molecule has 0 aliphatic carbocycles. The number of amides is 1. The number of carbonyl (C=O) groups is 2. The normalized spacial score (nSPS) is 14.6. The average molecular weight is 1160 g/mol. The van der Waals surface area contributed by atoms with Gasteiger partial charge in [-0.3, -0.25) is 18.6 Å². The summed E-state index contributed by atoms with van der Waals surface area (Å²) in [7, 11) is 1.44. The van der Waals surface area contributed by atoms with E-state index in [0.717, 1.165) is 154 Å². The Hall–Kier alpha value is -4.11. The molecule has 0 radical (unpaired) electrons. The molecule has 3 unspecified atom stereocenters. The van der Waals surface area contributed by atoms with Crippen molar-refractivity contribution in [2.75, 3.05) is 40.9 Å².